The summed E-state index contributed by atoms with van der Waals surface area (Å²) in [5, 5.41) is 11.7. The van der Waals surface area contributed by atoms with Gasteiger partial charge in [-0.1, -0.05) is 0 Å². The summed E-state index contributed by atoms with van der Waals surface area (Å²) in [4.78, 5) is 10.2. The quantitative estimate of drug-likeness (QED) is 0.493. The molecule has 3 heteroatoms. The van der Waals surface area contributed by atoms with E-state index in [1.807, 2.05) is 0 Å². The fourth-order valence-electron chi connectivity index (χ4n) is 1.16. The third kappa shape index (κ3) is 1.38. The number of aliphatic hydroxyl groups is 1. The van der Waals surface area contributed by atoms with Crippen molar-refractivity contribution >= 4 is 5.94 Å². The number of piperidine rings is 1. The van der Waals surface area contributed by atoms with E-state index in [-0.39, 0.29) is 12.5 Å². The first-order valence-corrected chi connectivity index (χ1v) is 3.48. The minimum Gasteiger partial charge on any atom is -0.396 e. The summed E-state index contributed by atoms with van der Waals surface area (Å²) in [5.74, 6) is 1.81. The second kappa shape index (κ2) is 3.40. The Bertz CT molecular complexity index is 161. The summed E-state index contributed by atoms with van der Waals surface area (Å²) in [7, 11) is 0. The molecule has 1 saturated heterocycles. The molecule has 1 heterocycles. The van der Waals surface area contributed by atoms with E-state index in [9.17, 15) is 4.79 Å². The van der Waals surface area contributed by atoms with Crippen molar-refractivity contribution < 1.29 is 9.90 Å². The van der Waals surface area contributed by atoms with Crippen LogP contribution in [-0.2, 0) is 4.79 Å². The van der Waals surface area contributed by atoms with Gasteiger partial charge >= 0.3 is 0 Å². The molecule has 1 rings (SSSR count). The predicted molar refractivity (Wildman–Crippen MR) is 37.0 cm³/mol. The zero-order chi connectivity index (χ0) is 7.40. The summed E-state index contributed by atoms with van der Waals surface area (Å²) in [6.07, 6.45) is 1.92. The highest BCUT2D eigenvalue weighted by Gasteiger charge is 2.17. The number of aliphatic hydroxyl groups excluding tert-OH is 1. The SMILES string of the molecule is O=C=C1NCCCC1CO. The van der Waals surface area contributed by atoms with Crippen molar-refractivity contribution in [2.45, 2.75) is 12.8 Å². The standard InChI is InChI=1S/C7H11NO2/c9-4-6-2-1-3-8-7(6)5-10/h6,8-9H,1-4H2. The summed E-state index contributed by atoms with van der Waals surface area (Å²) in [6.45, 7) is 0.888. The van der Waals surface area contributed by atoms with Crippen LogP contribution in [0.4, 0.5) is 0 Å². The van der Waals surface area contributed by atoms with Gasteiger partial charge in [0.25, 0.3) is 0 Å². The van der Waals surface area contributed by atoms with Gasteiger partial charge in [-0.3, -0.25) is 0 Å². The van der Waals surface area contributed by atoms with Gasteiger partial charge in [-0.25, -0.2) is 4.79 Å². The molecule has 0 aliphatic carbocycles. The number of rotatable bonds is 1. The van der Waals surface area contributed by atoms with E-state index in [2.05, 4.69) is 5.32 Å². The van der Waals surface area contributed by atoms with Crippen LogP contribution in [0.15, 0.2) is 5.70 Å². The lowest BCUT2D eigenvalue weighted by molar-refractivity contribution is 0.223. The first kappa shape index (κ1) is 7.32. The fraction of sp³-hybridized carbons (Fsp3) is 0.714. The van der Waals surface area contributed by atoms with Crippen molar-refractivity contribution in [3.8, 4) is 0 Å². The fourth-order valence-corrected chi connectivity index (χ4v) is 1.16. The molecular formula is C7H11NO2. The maximum atomic E-state index is 10.2. The van der Waals surface area contributed by atoms with Crippen molar-refractivity contribution in [2.75, 3.05) is 13.2 Å². The number of hydrogen-bond donors (Lipinski definition) is 2. The maximum Gasteiger partial charge on any atom is 0.145 e. The molecule has 0 spiro atoms. The Hall–Kier alpha value is -0.790. The lowest BCUT2D eigenvalue weighted by Gasteiger charge is -2.21. The van der Waals surface area contributed by atoms with Crippen LogP contribution < -0.4 is 5.32 Å². The molecular weight excluding hydrogens is 130 g/mol. The van der Waals surface area contributed by atoms with Crippen molar-refractivity contribution in [3.63, 3.8) is 0 Å². The van der Waals surface area contributed by atoms with Gasteiger partial charge in [0.05, 0.1) is 6.61 Å². The Morgan fingerprint density at radius 3 is 3.10 bits per heavy atom. The molecule has 1 fully saturated rings. The first-order valence-electron chi connectivity index (χ1n) is 3.48. The van der Waals surface area contributed by atoms with Crippen LogP contribution in [0.1, 0.15) is 12.8 Å². The third-order valence-electron chi connectivity index (χ3n) is 1.78. The molecule has 0 aromatic rings. The molecule has 2 N–H and O–H groups in total. The highest BCUT2D eigenvalue weighted by molar-refractivity contribution is 5.52. The van der Waals surface area contributed by atoms with Crippen LogP contribution in [0.25, 0.3) is 0 Å². The predicted octanol–water partition coefficient (Wildman–Crippen LogP) is -0.306. The molecule has 0 radical (unpaired) electrons. The van der Waals surface area contributed by atoms with Gasteiger partial charge in [0.15, 0.2) is 0 Å². The molecule has 0 aromatic heterocycles. The van der Waals surface area contributed by atoms with Crippen LogP contribution in [-0.4, -0.2) is 24.2 Å². The van der Waals surface area contributed by atoms with Crippen LogP contribution in [0, 0.1) is 5.92 Å². The Morgan fingerprint density at radius 1 is 1.80 bits per heavy atom. The van der Waals surface area contributed by atoms with E-state index >= 15 is 0 Å². The van der Waals surface area contributed by atoms with Gasteiger partial charge < -0.3 is 10.4 Å². The molecule has 56 valence electrons. The van der Waals surface area contributed by atoms with Crippen LogP contribution in [0.3, 0.4) is 0 Å². The Morgan fingerprint density at radius 2 is 2.60 bits per heavy atom. The number of nitrogens with one attached hydrogen (secondary N) is 1. The second-order valence-corrected chi connectivity index (χ2v) is 2.46. The Labute approximate surface area is 59.7 Å². The Kier molecular flexibility index (Phi) is 2.49. The normalized spacial score (nSPS) is 25.3. The third-order valence-corrected chi connectivity index (χ3v) is 1.78. The minimum absolute atomic E-state index is 0.00579. The minimum atomic E-state index is 0.00579. The van der Waals surface area contributed by atoms with Crippen molar-refractivity contribution in [2.24, 2.45) is 5.92 Å². The van der Waals surface area contributed by atoms with E-state index in [0.717, 1.165) is 19.4 Å². The molecule has 0 aromatic carbocycles. The van der Waals surface area contributed by atoms with E-state index in [0.29, 0.717) is 5.70 Å². The molecule has 3 nitrogen and oxygen atoms in total. The molecule has 0 amide bonds. The van der Waals surface area contributed by atoms with Gasteiger partial charge in [0.2, 0.25) is 0 Å². The summed E-state index contributed by atoms with van der Waals surface area (Å²) < 4.78 is 0. The van der Waals surface area contributed by atoms with Gasteiger partial charge in [0, 0.05) is 12.5 Å². The second-order valence-electron chi connectivity index (χ2n) is 2.46. The Balaban J connectivity index is 2.59. The largest absolute Gasteiger partial charge is 0.396 e. The highest BCUT2D eigenvalue weighted by atomic mass is 16.3. The average molecular weight is 141 g/mol. The highest BCUT2D eigenvalue weighted by Crippen LogP contribution is 2.15. The molecule has 1 atom stereocenters. The summed E-state index contributed by atoms with van der Waals surface area (Å²) >= 11 is 0. The molecule has 1 aliphatic heterocycles. The number of hydrogen-bond acceptors (Lipinski definition) is 3. The lowest BCUT2D eigenvalue weighted by atomic mass is 9.97. The van der Waals surface area contributed by atoms with Crippen molar-refractivity contribution in [3.05, 3.63) is 5.70 Å². The van der Waals surface area contributed by atoms with Crippen molar-refractivity contribution in [1.29, 1.82) is 0 Å². The first-order chi connectivity index (χ1) is 4.88. The topological polar surface area (TPSA) is 49.3 Å². The zero-order valence-corrected chi connectivity index (χ0v) is 5.76. The average Bonchev–Trinajstić information content (AvgIpc) is 2.04. The van der Waals surface area contributed by atoms with Gasteiger partial charge in [0.1, 0.15) is 11.6 Å². The van der Waals surface area contributed by atoms with Crippen molar-refractivity contribution in [1.82, 2.24) is 5.32 Å². The van der Waals surface area contributed by atoms with E-state index in [1.54, 1.807) is 5.94 Å². The van der Waals surface area contributed by atoms with Gasteiger partial charge in [-0.15, -0.1) is 0 Å². The number of carbonyl (C=O) groups excluding carboxylic acids is 1. The summed E-state index contributed by atoms with van der Waals surface area (Å²) in [5.41, 5.74) is 0.536. The maximum absolute atomic E-state index is 10.2. The summed E-state index contributed by atoms with van der Waals surface area (Å²) in [6, 6.07) is 0. The molecule has 0 saturated carbocycles. The van der Waals surface area contributed by atoms with Crippen LogP contribution >= 0.6 is 0 Å². The van der Waals surface area contributed by atoms with Crippen LogP contribution in [0.2, 0.25) is 0 Å². The molecule has 1 aliphatic rings. The van der Waals surface area contributed by atoms with Gasteiger partial charge in [-0.2, -0.15) is 0 Å². The van der Waals surface area contributed by atoms with Gasteiger partial charge in [-0.05, 0) is 12.8 Å². The smallest absolute Gasteiger partial charge is 0.145 e. The van der Waals surface area contributed by atoms with E-state index < -0.39 is 0 Å². The molecule has 1 unspecified atom stereocenters. The van der Waals surface area contributed by atoms with E-state index in [4.69, 9.17) is 5.11 Å². The van der Waals surface area contributed by atoms with Crippen LogP contribution in [0.5, 0.6) is 0 Å². The molecule has 0 bridgehead atoms. The molecule has 10 heavy (non-hydrogen) atoms. The zero-order valence-electron chi connectivity index (χ0n) is 5.76. The lowest BCUT2D eigenvalue weighted by Crippen LogP contribution is -2.29. The monoisotopic (exact) mass is 141 g/mol. The van der Waals surface area contributed by atoms with E-state index in [1.165, 1.54) is 0 Å².